The quantitative estimate of drug-likeness (QED) is 0.859. The van der Waals surface area contributed by atoms with Gasteiger partial charge in [-0.05, 0) is 41.0 Å². The van der Waals surface area contributed by atoms with Crippen LogP contribution in [0.3, 0.4) is 0 Å². The van der Waals surface area contributed by atoms with E-state index in [2.05, 4.69) is 15.5 Å². The van der Waals surface area contributed by atoms with Gasteiger partial charge in [-0.2, -0.15) is 0 Å². The fourth-order valence-electron chi connectivity index (χ4n) is 1.79. The number of aromatic nitrogens is 4. The third kappa shape index (κ3) is 3.08. The zero-order chi connectivity index (χ0) is 13.2. The average molecular weight is 297 g/mol. The maximum Gasteiger partial charge on any atom is 0.209 e. The minimum Gasteiger partial charge on any atom is -0.388 e. The number of aliphatic hydroxyl groups excluding tert-OH is 1. The highest BCUT2D eigenvalue weighted by Gasteiger charge is 2.28. The third-order valence-electron chi connectivity index (χ3n) is 2.96. The van der Waals surface area contributed by atoms with Crippen molar-refractivity contribution in [2.45, 2.75) is 30.1 Å². The summed E-state index contributed by atoms with van der Waals surface area (Å²) in [5.41, 5.74) is 0.811. The van der Waals surface area contributed by atoms with Gasteiger partial charge in [0.05, 0.1) is 12.1 Å². The van der Waals surface area contributed by atoms with Crippen LogP contribution < -0.4 is 0 Å². The zero-order valence-electron chi connectivity index (χ0n) is 10.1. The van der Waals surface area contributed by atoms with Crippen molar-refractivity contribution in [1.82, 2.24) is 20.2 Å². The van der Waals surface area contributed by atoms with E-state index in [1.54, 1.807) is 12.1 Å². The van der Waals surface area contributed by atoms with Crippen LogP contribution in [0.2, 0.25) is 5.02 Å². The standard InChI is InChI=1S/C12H13ClN4OS/c13-9-3-1-2-8(6-9)11(18)7-19-12-14-15-16-17(12)10-4-5-10/h1-3,6,10-11,18H,4-5,7H2. The highest BCUT2D eigenvalue weighted by molar-refractivity contribution is 7.99. The molecule has 0 saturated heterocycles. The highest BCUT2D eigenvalue weighted by atomic mass is 35.5. The number of hydrogen-bond acceptors (Lipinski definition) is 5. The summed E-state index contributed by atoms with van der Waals surface area (Å²) in [6.45, 7) is 0. The minimum absolute atomic E-state index is 0.445. The number of halogens is 1. The summed E-state index contributed by atoms with van der Waals surface area (Å²) in [6.07, 6.45) is 1.69. The largest absolute Gasteiger partial charge is 0.388 e. The monoisotopic (exact) mass is 296 g/mol. The topological polar surface area (TPSA) is 63.8 Å². The van der Waals surface area contributed by atoms with E-state index in [0.29, 0.717) is 16.8 Å². The van der Waals surface area contributed by atoms with Crippen LogP contribution in [0.15, 0.2) is 29.4 Å². The SMILES string of the molecule is OC(CSc1nnnn1C1CC1)c1cccc(Cl)c1. The molecule has 1 unspecified atom stereocenters. The van der Waals surface area contributed by atoms with Crippen molar-refractivity contribution < 1.29 is 5.11 Å². The maximum atomic E-state index is 10.1. The van der Waals surface area contributed by atoms with E-state index in [1.807, 2.05) is 16.8 Å². The molecule has 19 heavy (non-hydrogen) atoms. The highest BCUT2D eigenvalue weighted by Crippen LogP contribution is 2.37. The summed E-state index contributed by atoms with van der Waals surface area (Å²) in [6, 6.07) is 7.71. The molecule has 1 aromatic heterocycles. The Labute approximate surface area is 120 Å². The van der Waals surface area contributed by atoms with Crippen LogP contribution in [0, 0.1) is 0 Å². The third-order valence-corrected chi connectivity index (χ3v) is 4.20. The molecule has 1 N–H and O–H groups in total. The summed E-state index contributed by atoms with van der Waals surface area (Å²) >= 11 is 7.37. The number of thioether (sulfide) groups is 1. The van der Waals surface area contributed by atoms with E-state index in [-0.39, 0.29) is 0 Å². The van der Waals surface area contributed by atoms with Crippen LogP contribution in [0.4, 0.5) is 0 Å². The molecule has 0 radical (unpaired) electrons. The van der Waals surface area contributed by atoms with Gasteiger partial charge in [-0.1, -0.05) is 35.5 Å². The molecule has 7 heteroatoms. The molecule has 1 aliphatic carbocycles. The van der Waals surface area contributed by atoms with Crippen LogP contribution in [0.5, 0.6) is 0 Å². The number of hydrogen-bond donors (Lipinski definition) is 1. The van der Waals surface area contributed by atoms with E-state index in [9.17, 15) is 5.11 Å². The molecule has 1 aliphatic rings. The minimum atomic E-state index is -0.576. The van der Waals surface area contributed by atoms with Crippen molar-refractivity contribution in [3.05, 3.63) is 34.9 Å². The van der Waals surface area contributed by atoms with Gasteiger partial charge in [0.1, 0.15) is 0 Å². The van der Waals surface area contributed by atoms with Crippen LogP contribution >= 0.6 is 23.4 Å². The van der Waals surface area contributed by atoms with E-state index in [1.165, 1.54) is 11.8 Å². The first kappa shape index (κ1) is 12.9. The predicted molar refractivity (Wildman–Crippen MR) is 73.2 cm³/mol. The summed E-state index contributed by atoms with van der Waals surface area (Å²) in [5.74, 6) is 0.507. The van der Waals surface area contributed by atoms with Gasteiger partial charge in [0, 0.05) is 10.8 Å². The van der Waals surface area contributed by atoms with Crippen molar-refractivity contribution in [1.29, 1.82) is 0 Å². The predicted octanol–water partition coefficient (Wildman–Crippen LogP) is 2.49. The molecule has 100 valence electrons. The van der Waals surface area contributed by atoms with Gasteiger partial charge < -0.3 is 5.11 Å². The maximum absolute atomic E-state index is 10.1. The smallest absolute Gasteiger partial charge is 0.209 e. The van der Waals surface area contributed by atoms with Gasteiger partial charge in [0.2, 0.25) is 5.16 Å². The molecule has 1 saturated carbocycles. The van der Waals surface area contributed by atoms with Crippen molar-refractivity contribution in [3.63, 3.8) is 0 Å². The Balaban J connectivity index is 1.63. The van der Waals surface area contributed by atoms with E-state index >= 15 is 0 Å². The summed E-state index contributed by atoms with van der Waals surface area (Å²) < 4.78 is 1.84. The number of benzene rings is 1. The molecule has 5 nitrogen and oxygen atoms in total. The number of nitrogens with zero attached hydrogens (tertiary/aromatic N) is 4. The second kappa shape index (κ2) is 5.48. The lowest BCUT2D eigenvalue weighted by Gasteiger charge is -2.10. The lowest BCUT2D eigenvalue weighted by atomic mass is 10.1. The molecule has 1 heterocycles. The fraction of sp³-hybridized carbons (Fsp3) is 0.417. The molecule has 3 rings (SSSR count). The van der Waals surface area contributed by atoms with Crippen molar-refractivity contribution in [3.8, 4) is 0 Å². The fourth-order valence-corrected chi connectivity index (χ4v) is 2.90. The molecule has 1 fully saturated rings. The van der Waals surface area contributed by atoms with E-state index < -0.39 is 6.10 Å². The lowest BCUT2D eigenvalue weighted by molar-refractivity contribution is 0.204. The molecular weight excluding hydrogens is 284 g/mol. The zero-order valence-corrected chi connectivity index (χ0v) is 11.7. The first-order valence-corrected chi connectivity index (χ1v) is 7.44. The van der Waals surface area contributed by atoms with Crippen LogP contribution in [0.1, 0.15) is 30.6 Å². The van der Waals surface area contributed by atoms with Gasteiger partial charge in [-0.25, -0.2) is 4.68 Å². The Kier molecular flexibility index (Phi) is 3.72. The van der Waals surface area contributed by atoms with E-state index in [4.69, 9.17) is 11.6 Å². The van der Waals surface area contributed by atoms with Gasteiger partial charge in [0.25, 0.3) is 0 Å². The second-order valence-electron chi connectivity index (χ2n) is 4.52. The second-order valence-corrected chi connectivity index (χ2v) is 5.94. The van der Waals surface area contributed by atoms with Crippen LogP contribution in [-0.4, -0.2) is 31.1 Å². The Hall–Kier alpha value is -1.11. The summed E-state index contributed by atoms with van der Waals surface area (Å²) in [5, 5.41) is 23.2. The lowest BCUT2D eigenvalue weighted by Crippen LogP contribution is -2.03. The molecule has 0 amide bonds. The number of aliphatic hydroxyl groups is 1. The summed E-state index contributed by atoms with van der Waals surface area (Å²) in [7, 11) is 0. The first-order valence-electron chi connectivity index (χ1n) is 6.08. The first-order chi connectivity index (χ1) is 9.24. The van der Waals surface area contributed by atoms with E-state index in [0.717, 1.165) is 23.6 Å². The Morgan fingerprint density at radius 2 is 2.32 bits per heavy atom. The van der Waals surface area contributed by atoms with Crippen LogP contribution in [0.25, 0.3) is 0 Å². The van der Waals surface area contributed by atoms with Crippen molar-refractivity contribution in [2.75, 3.05) is 5.75 Å². The molecule has 1 aromatic carbocycles. The normalized spacial score (nSPS) is 16.5. The van der Waals surface area contributed by atoms with Gasteiger partial charge in [-0.3, -0.25) is 0 Å². The van der Waals surface area contributed by atoms with Crippen molar-refractivity contribution >= 4 is 23.4 Å². The number of tetrazole rings is 1. The Bertz CT molecular complexity index is 572. The Morgan fingerprint density at radius 1 is 1.47 bits per heavy atom. The average Bonchev–Trinajstić information content (AvgIpc) is 3.15. The Morgan fingerprint density at radius 3 is 3.05 bits per heavy atom. The van der Waals surface area contributed by atoms with Gasteiger partial charge in [0.15, 0.2) is 0 Å². The molecule has 2 aromatic rings. The van der Waals surface area contributed by atoms with Gasteiger partial charge >= 0.3 is 0 Å². The summed E-state index contributed by atoms with van der Waals surface area (Å²) in [4.78, 5) is 0. The molecule has 0 aliphatic heterocycles. The van der Waals surface area contributed by atoms with Crippen LogP contribution in [-0.2, 0) is 0 Å². The molecule has 0 spiro atoms. The molecule has 1 atom stereocenters. The number of rotatable bonds is 5. The van der Waals surface area contributed by atoms with Gasteiger partial charge in [-0.15, -0.1) is 5.10 Å². The molecule has 0 bridgehead atoms. The van der Waals surface area contributed by atoms with Crippen molar-refractivity contribution in [2.24, 2.45) is 0 Å². The molecular formula is C12H13ClN4OS.